The average molecular weight is 430 g/mol. The highest BCUT2D eigenvalue weighted by Crippen LogP contribution is 2.60. The van der Waals surface area contributed by atoms with E-state index < -0.39 is 12.6 Å². The van der Waals surface area contributed by atoms with Gasteiger partial charge in [-0.1, -0.05) is 36.4 Å². The van der Waals surface area contributed by atoms with E-state index in [1.165, 1.54) is 44.9 Å². The monoisotopic (exact) mass is 430 g/mol. The number of rotatable bonds is 7. The van der Waals surface area contributed by atoms with Gasteiger partial charge in [0, 0.05) is 10.3 Å². The van der Waals surface area contributed by atoms with E-state index in [0.29, 0.717) is 17.8 Å². The van der Waals surface area contributed by atoms with Crippen molar-refractivity contribution in [1.29, 1.82) is 0 Å². The van der Waals surface area contributed by atoms with E-state index in [9.17, 15) is 13.2 Å². The van der Waals surface area contributed by atoms with Crippen LogP contribution >= 0.6 is 22.6 Å². The molecule has 0 amide bonds. The molecular weight excluding hydrogens is 400 g/mol. The average Bonchev–Trinajstić information content (AvgIpc) is 3.17. The molecule has 0 aromatic heterocycles. The Morgan fingerprint density at radius 2 is 1.64 bits per heavy atom. The molecule has 22 heavy (non-hydrogen) atoms. The number of alkyl halides is 4. The van der Waals surface area contributed by atoms with Crippen LogP contribution < -0.4 is 0 Å². The minimum atomic E-state index is -3.99. The zero-order chi connectivity index (χ0) is 16.4. The van der Waals surface area contributed by atoms with Gasteiger partial charge in [0.1, 0.15) is 0 Å². The molecular formula is C18H30F3I. The maximum atomic E-state index is 12.3. The summed E-state index contributed by atoms with van der Waals surface area (Å²) in [5, 5.41) is 0. The van der Waals surface area contributed by atoms with Gasteiger partial charge in [0.25, 0.3) is 0 Å². The van der Waals surface area contributed by atoms with Gasteiger partial charge < -0.3 is 0 Å². The largest absolute Gasteiger partial charge is 0.389 e. The number of hydrogen-bond donors (Lipinski definition) is 0. The molecule has 0 spiro atoms. The lowest BCUT2D eigenvalue weighted by atomic mass is 9.73. The molecule has 2 saturated carbocycles. The zero-order valence-electron chi connectivity index (χ0n) is 13.9. The normalized spacial score (nSPS) is 30.8. The van der Waals surface area contributed by atoms with Crippen molar-refractivity contribution in [3.8, 4) is 0 Å². The summed E-state index contributed by atoms with van der Waals surface area (Å²) in [5.74, 6) is 1.66. The zero-order valence-corrected chi connectivity index (χ0v) is 16.0. The van der Waals surface area contributed by atoms with E-state index in [4.69, 9.17) is 0 Å². The van der Waals surface area contributed by atoms with Gasteiger partial charge in [0.15, 0.2) is 0 Å². The van der Waals surface area contributed by atoms with Crippen molar-refractivity contribution < 1.29 is 13.2 Å². The molecule has 2 rings (SSSR count). The Kier molecular flexibility index (Phi) is 6.52. The van der Waals surface area contributed by atoms with Crippen molar-refractivity contribution in [2.45, 2.75) is 88.2 Å². The van der Waals surface area contributed by atoms with Crippen molar-refractivity contribution in [3.05, 3.63) is 0 Å². The molecule has 2 aliphatic rings. The fraction of sp³-hybridized carbons (Fsp3) is 1.00. The predicted molar refractivity (Wildman–Crippen MR) is 94.3 cm³/mol. The summed E-state index contributed by atoms with van der Waals surface area (Å²) in [6, 6.07) is 0. The minimum Gasteiger partial charge on any atom is -0.171 e. The first-order valence-electron chi connectivity index (χ1n) is 8.91. The Morgan fingerprint density at radius 3 is 2.14 bits per heavy atom. The van der Waals surface area contributed by atoms with Crippen molar-refractivity contribution in [2.75, 3.05) is 0 Å². The first kappa shape index (κ1) is 18.9. The topological polar surface area (TPSA) is 0 Å². The molecule has 0 saturated heterocycles. The quantitative estimate of drug-likeness (QED) is 0.297. The van der Waals surface area contributed by atoms with Crippen LogP contribution in [0, 0.1) is 23.2 Å². The van der Waals surface area contributed by atoms with Gasteiger partial charge >= 0.3 is 6.18 Å². The summed E-state index contributed by atoms with van der Waals surface area (Å²) in [5.41, 5.74) is 0.569. The van der Waals surface area contributed by atoms with Gasteiger partial charge in [0.05, 0.1) is 0 Å². The van der Waals surface area contributed by atoms with E-state index in [2.05, 4.69) is 29.5 Å². The second kappa shape index (κ2) is 7.60. The molecule has 2 atom stereocenters. The Bertz CT molecular complexity index is 341. The smallest absolute Gasteiger partial charge is 0.171 e. The van der Waals surface area contributed by atoms with Crippen LogP contribution in [-0.4, -0.2) is 10.1 Å². The first-order chi connectivity index (χ1) is 10.2. The third kappa shape index (κ3) is 5.86. The Hall–Kier alpha value is 0.520. The van der Waals surface area contributed by atoms with E-state index in [0.717, 1.165) is 16.3 Å². The summed E-state index contributed by atoms with van der Waals surface area (Å²) in [6.45, 7) is 4.25. The number of halogens is 4. The van der Waals surface area contributed by atoms with Gasteiger partial charge in [-0.3, -0.25) is 0 Å². The van der Waals surface area contributed by atoms with Crippen LogP contribution in [0.5, 0.6) is 0 Å². The molecule has 1 unspecified atom stereocenters. The fourth-order valence-electron chi connectivity index (χ4n) is 4.60. The minimum absolute atomic E-state index is 0.192. The van der Waals surface area contributed by atoms with Gasteiger partial charge in [-0.05, 0) is 81.0 Å². The summed E-state index contributed by atoms with van der Waals surface area (Å²) in [7, 11) is 0. The molecule has 0 radical (unpaired) electrons. The molecule has 0 N–H and O–H groups in total. The molecule has 0 aliphatic heterocycles. The van der Waals surface area contributed by atoms with Crippen LogP contribution in [0.15, 0.2) is 0 Å². The van der Waals surface area contributed by atoms with Crippen molar-refractivity contribution in [2.24, 2.45) is 23.2 Å². The van der Waals surface area contributed by atoms with Gasteiger partial charge in [-0.15, -0.1) is 0 Å². The number of hydrogen-bond acceptors (Lipinski definition) is 0. The third-order valence-corrected chi connectivity index (χ3v) is 7.14. The predicted octanol–water partition coefficient (Wildman–Crippen LogP) is 7.16. The summed E-state index contributed by atoms with van der Waals surface area (Å²) in [4.78, 5) is 0. The lowest BCUT2D eigenvalue weighted by Crippen LogP contribution is -2.25. The molecule has 0 aromatic rings. The van der Waals surface area contributed by atoms with Crippen LogP contribution in [-0.2, 0) is 0 Å². The van der Waals surface area contributed by atoms with Crippen LogP contribution in [0.4, 0.5) is 13.2 Å². The Morgan fingerprint density at radius 1 is 1.05 bits per heavy atom. The van der Waals surface area contributed by atoms with Crippen molar-refractivity contribution >= 4 is 22.6 Å². The van der Waals surface area contributed by atoms with Crippen molar-refractivity contribution in [3.63, 3.8) is 0 Å². The molecule has 2 aliphatic carbocycles. The van der Waals surface area contributed by atoms with E-state index >= 15 is 0 Å². The molecule has 130 valence electrons. The molecule has 4 heteroatoms. The van der Waals surface area contributed by atoms with Gasteiger partial charge in [-0.2, -0.15) is 13.2 Å². The van der Waals surface area contributed by atoms with E-state index in [1.807, 2.05) is 6.92 Å². The SMILES string of the molecule is CC(C[C@H](C)CCC(F)(F)F)CC1(C2CCC(I)CC2)CC1. The molecule has 0 nitrogen and oxygen atoms in total. The summed E-state index contributed by atoms with van der Waals surface area (Å²) >= 11 is 2.58. The summed E-state index contributed by atoms with van der Waals surface area (Å²) < 4.78 is 37.8. The maximum Gasteiger partial charge on any atom is 0.389 e. The third-order valence-electron chi connectivity index (χ3n) is 5.90. The standard InChI is InChI=1S/C18H30F3I/c1-13(7-8-18(19,20)21)11-14(2)12-17(9-10-17)15-3-5-16(22)6-4-15/h13-16H,3-12H2,1-2H3/t13-,14?,15?,16?/m1/s1. The fourth-order valence-corrected chi connectivity index (χ4v) is 5.32. The Labute approximate surface area is 147 Å². The second-order valence-electron chi connectivity index (χ2n) is 8.12. The van der Waals surface area contributed by atoms with E-state index in [-0.39, 0.29) is 5.92 Å². The van der Waals surface area contributed by atoms with Crippen LogP contribution in [0.2, 0.25) is 0 Å². The van der Waals surface area contributed by atoms with Gasteiger partial charge in [-0.25, -0.2) is 0 Å². The molecule has 0 heterocycles. The van der Waals surface area contributed by atoms with Crippen molar-refractivity contribution in [1.82, 2.24) is 0 Å². The molecule has 2 fully saturated rings. The Balaban J connectivity index is 1.73. The lowest BCUT2D eigenvalue weighted by Gasteiger charge is -2.34. The second-order valence-corrected chi connectivity index (χ2v) is 9.88. The highest BCUT2D eigenvalue weighted by molar-refractivity contribution is 14.1. The maximum absolute atomic E-state index is 12.3. The van der Waals surface area contributed by atoms with E-state index in [1.54, 1.807) is 0 Å². The van der Waals surface area contributed by atoms with Crippen LogP contribution in [0.3, 0.4) is 0 Å². The molecule has 0 aromatic carbocycles. The first-order valence-corrected chi connectivity index (χ1v) is 10.2. The van der Waals surface area contributed by atoms with Crippen LogP contribution in [0.1, 0.15) is 78.1 Å². The lowest BCUT2D eigenvalue weighted by molar-refractivity contribution is -0.137. The van der Waals surface area contributed by atoms with Gasteiger partial charge in [0.2, 0.25) is 0 Å². The summed E-state index contributed by atoms with van der Waals surface area (Å²) in [6.07, 6.45) is 6.11. The molecule has 0 bridgehead atoms. The highest BCUT2D eigenvalue weighted by atomic mass is 127. The highest BCUT2D eigenvalue weighted by Gasteiger charge is 2.49. The van der Waals surface area contributed by atoms with Crippen LogP contribution in [0.25, 0.3) is 0 Å².